The molecule has 1 N–H and O–H groups in total. The normalized spacial score (nSPS) is 23.2. The van der Waals surface area contributed by atoms with Crippen LogP contribution in [-0.2, 0) is 19.6 Å². The summed E-state index contributed by atoms with van der Waals surface area (Å²) in [5.74, 6) is 0.0183. The topological polar surface area (TPSA) is 75.7 Å². The van der Waals surface area contributed by atoms with Crippen LogP contribution < -0.4 is 9.62 Å². The Morgan fingerprint density at radius 1 is 1.28 bits per heavy atom. The standard InChI is InChI=1S/C17H23ClN2O4S/c18-15-11-13(19-17(21)12-14-5-1-3-9-24-14)6-7-16(15)20-8-2-4-10-25(20,22)23/h6-7,11,14H,1-5,8-10,12H2,(H,19,21). The zero-order valence-electron chi connectivity index (χ0n) is 14.0. The first-order chi connectivity index (χ1) is 12.0. The number of sulfonamides is 1. The number of carbonyl (C=O) groups excluding carboxylic acids is 1. The Morgan fingerprint density at radius 3 is 2.80 bits per heavy atom. The molecule has 2 fully saturated rings. The minimum Gasteiger partial charge on any atom is -0.378 e. The molecule has 1 aromatic carbocycles. The molecule has 0 aromatic heterocycles. The number of amides is 1. The van der Waals surface area contributed by atoms with Crippen LogP contribution in [0.15, 0.2) is 18.2 Å². The Balaban J connectivity index is 1.66. The molecular weight excluding hydrogens is 364 g/mol. The molecule has 1 amide bonds. The summed E-state index contributed by atoms with van der Waals surface area (Å²) in [5.41, 5.74) is 1.03. The van der Waals surface area contributed by atoms with Gasteiger partial charge in [-0.3, -0.25) is 9.10 Å². The fourth-order valence-corrected chi connectivity index (χ4v) is 5.22. The van der Waals surface area contributed by atoms with Crippen LogP contribution in [0.4, 0.5) is 11.4 Å². The van der Waals surface area contributed by atoms with Crippen molar-refractivity contribution in [2.45, 2.75) is 44.6 Å². The van der Waals surface area contributed by atoms with Gasteiger partial charge in [0, 0.05) is 18.8 Å². The maximum Gasteiger partial charge on any atom is 0.235 e. The Hall–Kier alpha value is -1.31. The minimum absolute atomic E-state index is 0.0259. The zero-order chi connectivity index (χ0) is 17.9. The number of nitrogens with one attached hydrogen (secondary N) is 1. The van der Waals surface area contributed by atoms with Gasteiger partial charge in [-0.25, -0.2) is 8.42 Å². The highest BCUT2D eigenvalue weighted by Gasteiger charge is 2.27. The summed E-state index contributed by atoms with van der Waals surface area (Å²) in [5, 5.41) is 3.13. The van der Waals surface area contributed by atoms with E-state index in [9.17, 15) is 13.2 Å². The third-order valence-corrected chi connectivity index (χ3v) is 6.69. The van der Waals surface area contributed by atoms with Crippen molar-refractivity contribution < 1.29 is 17.9 Å². The lowest BCUT2D eigenvalue weighted by atomic mass is 10.1. The van der Waals surface area contributed by atoms with Gasteiger partial charge in [-0.15, -0.1) is 0 Å². The lowest BCUT2D eigenvalue weighted by molar-refractivity contribution is -0.119. The highest BCUT2D eigenvalue weighted by atomic mass is 35.5. The van der Waals surface area contributed by atoms with E-state index < -0.39 is 10.0 Å². The molecule has 0 saturated carbocycles. The molecule has 0 bridgehead atoms. The van der Waals surface area contributed by atoms with Gasteiger partial charge in [0.2, 0.25) is 15.9 Å². The van der Waals surface area contributed by atoms with Crippen molar-refractivity contribution in [3.63, 3.8) is 0 Å². The number of rotatable bonds is 4. The highest BCUT2D eigenvalue weighted by Crippen LogP contribution is 2.33. The van der Waals surface area contributed by atoms with E-state index in [1.54, 1.807) is 18.2 Å². The van der Waals surface area contributed by atoms with Crippen LogP contribution in [0.1, 0.15) is 38.5 Å². The largest absolute Gasteiger partial charge is 0.378 e. The van der Waals surface area contributed by atoms with Crippen molar-refractivity contribution in [2.24, 2.45) is 0 Å². The van der Waals surface area contributed by atoms with Gasteiger partial charge in [0.15, 0.2) is 0 Å². The predicted octanol–water partition coefficient (Wildman–Crippen LogP) is 3.17. The molecule has 3 rings (SSSR count). The van der Waals surface area contributed by atoms with Gasteiger partial charge in [0.1, 0.15) is 0 Å². The Kier molecular flexibility index (Phi) is 5.86. The number of carbonyl (C=O) groups is 1. The predicted molar refractivity (Wildman–Crippen MR) is 98.7 cm³/mol. The molecule has 2 heterocycles. The van der Waals surface area contributed by atoms with Crippen LogP contribution in [0.5, 0.6) is 0 Å². The number of anilines is 2. The van der Waals surface area contributed by atoms with Crippen LogP contribution in [0.3, 0.4) is 0 Å². The monoisotopic (exact) mass is 386 g/mol. The van der Waals surface area contributed by atoms with Crippen LogP contribution >= 0.6 is 11.6 Å². The fourth-order valence-electron chi connectivity index (χ4n) is 3.23. The first-order valence-corrected chi connectivity index (χ1v) is 10.7. The van der Waals surface area contributed by atoms with Crippen molar-refractivity contribution in [3.05, 3.63) is 23.2 Å². The number of benzene rings is 1. The lowest BCUT2D eigenvalue weighted by Gasteiger charge is -2.29. The van der Waals surface area contributed by atoms with E-state index >= 15 is 0 Å². The lowest BCUT2D eigenvalue weighted by Crippen LogP contribution is -2.38. The van der Waals surface area contributed by atoms with Gasteiger partial charge in [0.25, 0.3) is 0 Å². The van der Waals surface area contributed by atoms with Crippen molar-refractivity contribution in [1.29, 1.82) is 0 Å². The average molecular weight is 387 g/mol. The van der Waals surface area contributed by atoms with Gasteiger partial charge in [-0.2, -0.15) is 0 Å². The Morgan fingerprint density at radius 2 is 2.12 bits per heavy atom. The van der Waals surface area contributed by atoms with Crippen molar-refractivity contribution >= 4 is 38.9 Å². The van der Waals surface area contributed by atoms with Crippen molar-refractivity contribution in [2.75, 3.05) is 28.5 Å². The number of nitrogens with zero attached hydrogens (tertiary/aromatic N) is 1. The van der Waals surface area contributed by atoms with Crippen LogP contribution in [0.2, 0.25) is 5.02 Å². The summed E-state index contributed by atoms with van der Waals surface area (Å²) in [4.78, 5) is 12.1. The van der Waals surface area contributed by atoms with Gasteiger partial charge >= 0.3 is 0 Å². The van der Waals surface area contributed by atoms with E-state index in [1.165, 1.54) is 4.31 Å². The first kappa shape index (κ1) is 18.5. The summed E-state index contributed by atoms with van der Waals surface area (Å²) in [6, 6.07) is 4.93. The second kappa shape index (κ2) is 7.93. The maximum atomic E-state index is 12.2. The van der Waals surface area contributed by atoms with Crippen molar-refractivity contribution in [3.8, 4) is 0 Å². The number of ether oxygens (including phenoxy) is 1. The first-order valence-electron chi connectivity index (χ1n) is 8.67. The smallest absolute Gasteiger partial charge is 0.235 e. The average Bonchev–Trinajstić information content (AvgIpc) is 2.56. The molecule has 0 spiro atoms. The van der Waals surface area contributed by atoms with Crippen molar-refractivity contribution in [1.82, 2.24) is 0 Å². The van der Waals surface area contributed by atoms with E-state index in [2.05, 4.69) is 5.32 Å². The molecule has 8 heteroatoms. The SMILES string of the molecule is O=C(CC1CCCCO1)Nc1ccc(N2CCCCS2(=O)=O)c(Cl)c1. The summed E-state index contributed by atoms with van der Waals surface area (Å²) in [6.07, 6.45) is 4.82. The molecule has 0 radical (unpaired) electrons. The molecule has 138 valence electrons. The molecule has 6 nitrogen and oxygen atoms in total. The van der Waals surface area contributed by atoms with E-state index in [4.69, 9.17) is 16.3 Å². The van der Waals surface area contributed by atoms with Gasteiger partial charge in [-0.1, -0.05) is 11.6 Å². The minimum atomic E-state index is -3.31. The third-order valence-electron chi connectivity index (χ3n) is 4.54. The number of halogens is 1. The molecular formula is C17H23ClN2O4S. The van der Waals surface area contributed by atoms with Crippen LogP contribution in [0, 0.1) is 0 Å². The summed E-state index contributed by atoms with van der Waals surface area (Å²) in [6.45, 7) is 1.15. The summed E-state index contributed by atoms with van der Waals surface area (Å²) >= 11 is 6.28. The second-order valence-corrected chi connectivity index (χ2v) is 8.92. The molecule has 0 aliphatic carbocycles. The zero-order valence-corrected chi connectivity index (χ0v) is 15.6. The van der Waals surface area contributed by atoms with Gasteiger partial charge in [-0.05, 0) is 50.3 Å². The molecule has 25 heavy (non-hydrogen) atoms. The molecule has 2 aliphatic rings. The summed E-state index contributed by atoms with van der Waals surface area (Å²) in [7, 11) is -3.31. The Labute approximate surface area is 153 Å². The van der Waals surface area contributed by atoms with E-state index in [-0.39, 0.29) is 17.8 Å². The van der Waals surface area contributed by atoms with Crippen LogP contribution in [-0.4, -0.2) is 39.3 Å². The van der Waals surface area contributed by atoms with Crippen LogP contribution in [0.25, 0.3) is 0 Å². The van der Waals surface area contributed by atoms with Gasteiger partial charge < -0.3 is 10.1 Å². The molecule has 1 atom stereocenters. The fraction of sp³-hybridized carbons (Fsp3) is 0.588. The molecule has 2 aliphatic heterocycles. The number of hydrogen-bond donors (Lipinski definition) is 1. The molecule has 1 aromatic rings. The second-order valence-electron chi connectivity index (χ2n) is 6.50. The van der Waals surface area contributed by atoms with Gasteiger partial charge in [0.05, 0.1) is 29.0 Å². The van der Waals surface area contributed by atoms with E-state index in [0.717, 1.165) is 25.7 Å². The quantitative estimate of drug-likeness (QED) is 0.862. The molecule has 2 saturated heterocycles. The molecule has 1 unspecified atom stereocenters. The number of hydrogen-bond acceptors (Lipinski definition) is 4. The maximum absolute atomic E-state index is 12.2. The highest BCUT2D eigenvalue weighted by molar-refractivity contribution is 7.92. The summed E-state index contributed by atoms with van der Waals surface area (Å²) < 4.78 is 31.3. The van der Waals surface area contributed by atoms with E-state index in [0.29, 0.717) is 42.4 Å². The van der Waals surface area contributed by atoms with E-state index in [1.807, 2.05) is 0 Å². The third kappa shape index (κ3) is 4.65. The Bertz CT molecular complexity index is 732.